The number of hydrogen-bond donors (Lipinski definition) is 1. The molecule has 0 aliphatic carbocycles. The maximum atomic E-state index is 3.64. The van der Waals surface area contributed by atoms with Gasteiger partial charge < -0.3 is 10.2 Å². The zero-order valence-electron chi connectivity index (χ0n) is 13.4. The van der Waals surface area contributed by atoms with Crippen molar-refractivity contribution in [3.05, 3.63) is 57.6 Å². The predicted molar refractivity (Wildman–Crippen MR) is 96.4 cm³/mol. The van der Waals surface area contributed by atoms with Gasteiger partial charge in [-0.2, -0.15) is 0 Å². The molecule has 0 aliphatic rings. The fraction of sp³-hybridized carbons (Fsp3) is 0.333. The molecule has 3 heteroatoms. The summed E-state index contributed by atoms with van der Waals surface area (Å²) in [5.41, 5.74) is 6.30. The number of nitrogens with zero attached hydrogens (tertiary/aromatic N) is 1. The first-order chi connectivity index (χ1) is 9.88. The normalized spacial score (nSPS) is 12.1. The van der Waals surface area contributed by atoms with Crippen LogP contribution in [0.1, 0.15) is 29.7 Å². The van der Waals surface area contributed by atoms with Crippen LogP contribution in [0.4, 0.5) is 11.4 Å². The molecule has 0 radical (unpaired) electrons. The van der Waals surface area contributed by atoms with E-state index >= 15 is 0 Å². The topological polar surface area (TPSA) is 15.3 Å². The molecule has 0 spiro atoms. The molecule has 2 aromatic carbocycles. The quantitative estimate of drug-likeness (QED) is 0.807. The minimum Gasteiger partial charge on any atom is -0.377 e. The fourth-order valence-electron chi connectivity index (χ4n) is 2.64. The van der Waals surface area contributed by atoms with Crippen LogP contribution in [0.3, 0.4) is 0 Å². The summed E-state index contributed by atoms with van der Waals surface area (Å²) in [5.74, 6) is 0. The Kier molecular flexibility index (Phi) is 4.94. The average Bonchev–Trinajstić information content (AvgIpc) is 2.37. The van der Waals surface area contributed by atoms with Crippen molar-refractivity contribution in [2.45, 2.75) is 26.8 Å². The summed E-state index contributed by atoms with van der Waals surface area (Å²) in [6.07, 6.45) is 0. The highest BCUT2D eigenvalue weighted by Gasteiger charge is 2.12. The third-order valence-corrected chi connectivity index (χ3v) is 4.20. The van der Waals surface area contributed by atoms with Gasteiger partial charge in [0.1, 0.15) is 0 Å². The minimum absolute atomic E-state index is 0.263. The summed E-state index contributed by atoms with van der Waals surface area (Å²) in [6.45, 7) is 6.51. The number of halogens is 1. The molecule has 0 fully saturated rings. The Hall–Kier alpha value is -1.48. The van der Waals surface area contributed by atoms with Crippen LogP contribution >= 0.6 is 15.9 Å². The van der Waals surface area contributed by atoms with Gasteiger partial charge in [0, 0.05) is 24.6 Å². The standard InChI is InChI=1S/C18H23BrN2/c1-12-6-8-16(13(2)10-12)14(3)20-17-11-15(19)7-9-18(17)21(4)5/h6-11,14,20H,1-5H3. The van der Waals surface area contributed by atoms with Gasteiger partial charge in [0.25, 0.3) is 0 Å². The van der Waals surface area contributed by atoms with E-state index in [1.807, 2.05) is 0 Å². The summed E-state index contributed by atoms with van der Waals surface area (Å²) >= 11 is 3.56. The smallest absolute Gasteiger partial charge is 0.0597 e. The Labute approximate surface area is 136 Å². The summed E-state index contributed by atoms with van der Waals surface area (Å²) in [7, 11) is 4.13. The highest BCUT2D eigenvalue weighted by Crippen LogP contribution is 2.31. The Bertz CT molecular complexity index is 635. The van der Waals surface area contributed by atoms with Crippen LogP contribution in [-0.4, -0.2) is 14.1 Å². The molecular formula is C18H23BrN2. The number of rotatable bonds is 4. The maximum Gasteiger partial charge on any atom is 0.0597 e. The van der Waals surface area contributed by atoms with E-state index in [4.69, 9.17) is 0 Å². The fourth-order valence-corrected chi connectivity index (χ4v) is 3.00. The number of hydrogen-bond acceptors (Lipinski definition) is 2. The first-order valence-electron chi connectivity index (χ1n) is 7.19. The van der Waals surface area contributed by atoms with E-state index in [-0.39, 0.29) is 6.04 Å². The van der Waals surface area contributed by atoms with Gasteiger partial charge in [-0.15, -0.1) is 0 Å². The number of anilines is 2. The lowest BCUT2D eigenvalue weighted by Gasteiger charge is -2.23. The molecule has 2 rings (SSSR count). The second kappa shape index (κ2) is 6.52. The van der Waals surface area contributed by atoms with Crippen molar-refractivity contribution >= 4 is 27.3 Å². The molecule has 0 heterocycles. The van der Waals surface area contributed by atoms with E-state index in [1.54, 1.807) is 0 Å². The van der Waals surface area contributed by atoms with Crippen LogP contribution in [-0.2, 0) is 0 Å². The van der Waals surface area contributed by atoms with Crippen molar-refractivity contribution in [2.24, 2.45) is 0 Å². The van der Waals surface area contributed by atoms with E-state index in [0.29, 0.717) is 0 Å². The second-order valence-corrected chi connectivity index (χ2v) is 6.70. The molecule has 112 valence electrons. The predicted octanol–water partition coefficient (Wildman–Crippen LogP) is 5.31. The highest BCUT2D eigenvalue weighted by molar-refractivity contribution is 9.10. The molecule has 0 aliphatic heterocycles. The molecule has 0 aromatic heterocycles. The van der Waals surface area contributed by atoms with Gasteiger partial charge in [0.2, 0.25) is 0 Å². The lowest BCUT2D eigenvalue weighted by atomic mass is 10.00. The number of benzene rings is 2. The molecule has 0 bridgehead atoms. The van der Waals surface area contributed by atoms with Gasteiger partial charge >= 0.3 is 0 Å². The van der Waals surface area contributed by atoms with E-state index in [0.717, 1.165) is 10.2 Å². The number of nitrogens with one attached hydrogen (secondary N) is 1. The van der Waals surface area contributed by atoms with Gasteiger partial charge in [-0.3, -0.25) is 0 Å². The maximum absolute atomic E-state index is 3.64. The molecule has 0 saturated heterocycles. The second-order valence-electron chi connectivity index (χ2n) is 5.78. The molecular weight excluding hydrogens is 324 g/mol. The largest absolute Gasteiger partial charge is 0.377 e. The molecule has 1 atom stereocenters. The first-order valence-corrected chi connectivity index (χ1v) is 7.98. The molecule has 0 amide bonds. The van der Waals surface area contributed by atoms with Crippen molar-refractivity contribution in [1.29, 1.82) is 0 Å². The summed E-state index contributed by atoms with van der Waals surface area (Å²) in [5, 5.41) is 3.64. The third-order valence-electron chi connectivity index (χ3n) is 3.70. The van der Waals surface area contributed by atoms with E-state index in [9.17, 15) is 0 Å². The molecule has 1 unspecified atom stereocenters. The summed E-state index contributed by atoms with van der Waals surface area (Å²) < 4.78 is 1.09. The van der Waals surface area contributed by atoms with E-state index < -0.39 is 0 Å². The Morgan fingerprint density at radius 3 is 2.38 bits per heavy atom. The van der Waals surface area contributed by atoms with E-state index in [2.05, 4.69) is 97.4 Å². The zero-order valence-corrected chi connectivity index (χ0v) is 15.0. The van der Waals surface area contributed by atoms with Gasteiger partial charge in [-0.1, -0.05) is 39.7 Å². The Morgan fingerprint density at radius 1 is 1.05 bits per heavy atom. The van der Waals surface area contributed by atoms with Gasteiger partial charge in [0.15, 0.2) is 0 Å². The van der Waals surface area contributed by atoms with E-state index in [1.165, 1.54) is 22.4 Å². The monoisotopic (exact) mass is 346 g/mol. The Balaban J connectivity index is 2.31. The minimum atomic E-state index is 0.263. The van der Waals surface area contributed by atoms with Crippen LogP contribution in [0, 0.1) is 13.8 Å². The lowest BCUT2D eigenvalue weighted by molar-refractivity contribution is 0.871. The van der Waals surface area contributed by atoms with Crippen molar-refractivity contribution in [2.75, 3.05) is 24.3 Å². The van der Waals surface area contributed by atoms with Crippen molar-refractivity contribution < 1.29 is 0 Å². The van der Waals surface area contributed by atoms with Gasteiger partial charge in [-0.25, -0.2) is 0 Å². The van der Waals surface area contributed by atoms with Crippen molar-refractivity contribution in [3.8, 4) is 0 Å². The molecule has 2 nitrogen and oxygen atoms in total. The van der Waals surface area contributed by atoms with Crippen molar-refractivity contribution in [3.63, 3.8) is 0 Å². The first kappa shape index (κ1) is 15.9. The third kappa shape index (κ3) is 3.79. The summed E-state index contributed by atoms with van der Waals surface area (Å²) in [6, 6.07) is 13.2. The lowest BCUT2D eigenvalue weighted by Crippen LogP contribution is -2.14. The molecule has 1 N–H and O–H groups in total. The SMILES string of the molecule is Cc1ccc(C(C)Nc2cc(Br)ccc2N(C)C)c(C)c1. The Morgan fingerprint density at radius 2 is 1.76 bits per heavy atom. The van der Waals surface area contributed by atoms with Crippen LogP contribution < -0.4 is 10.2 Å². The zero-order chi connectivity index (χ0) is 15.6. The molecule has 0 saturated carbocycles. The average molecular weight is 347 g/mol. The highest BCUT2D eigenvalue weighted by atomic mass is 79.9. The van der Waals surface area contributed by atoms with Gasteiger partial charge in [-0.05, 0) is 50.1 Å². The van der Waals surface area contributed by atoms with Crippen LogP contribution in [0.5, 0.6) is 0 Å². The molecule has 21 heavy (non-hydrogen) atoms. The van der Waals surface area contributed by atoms with Gasteiger partial charge in [0.05, 0.1) is 11.4 Å². The molecule has 2 aromatic rings. The van der Waals surface area contributed by atoms with Crippen LogP contribution in [0.2, 0.25) is 0 Å². The summed E-state index contributed by atoms with van der Waals surface area (Å²) in [4.78, 5) is 2.13. The number of aryl methyl sites for hydroxylation is 2. The van der Waals surface area contributed by atoms with Crippen LogP contribution in [0.25, 0.3) is 0 Å². The van der Waals surface area contributed by atoms with Crippen LogP contribution in [0.15, 0.2) is 40.9 Å². The van der Waals surface area contributed by atoms with Crippen molar-refractivity contribution in [1.82, 2.24) is 0 Å².